The molecule has 1 rings (SSSR count). The summed E-state index contributed by atoms with van der Waals surface area (Å²) < 4.78 is 0. The molecule has 2 N–H and O–H groups in total. The molecule has 0 aliphatic carbocycles. The van der Waals surface area contributed by atoms with Gasteiger partial charge in [-0.1, -0.05) is 13.8 Å². The number of piperidine rings is 1. The molecule has 0 aromatic rings. The predicted octanol–water partition coefficient (Wildman–Crippen LogP) is 0.555. The minimum atomic E-state index is -0.790. The zero-order chi connectivity index (χ0) is 12.8. The van der Waals surface area contributed by atoms with Crippen LogP contribution >= 0.6 is 0 Å². The van der Waals surface area contributed by atoms with Gasteiger partial charge < -0.3 is 15.3 Å². The summed E-state index contributed by atoms with van der Waals surface area (Å²) >= 11 is 0. The first kappa shape index (κ1) is 14.0. The molecule has 1 fully saturated rings. The molecule has 17 heavy (non-hydrogen) atoms. The highest BCUT2D eigenvalue weighted by Gasteiger charge is 2.29. The van der Waals surface area contributed by atoms with E-state index in [1.54, 1.807) is 4.90 Å². The van der Waals surface area contributed by atoms with Crippen molar-refractivity contribution in [3.8, 4) is 0 Å². The Morgan fingerprint density at radius 1 is 1.53 bits per heavy atom. The maximum absolute atomic E-state index is 12.1. The molecule has 0 saturated carbocycles. The molecule has 1 amide bonds. The highest BCUT2D eigenvalue weighted by atomic mass is 16.4. The first-order valence-electron chi connectivity index (χ1n) is 6.28. The summed E-state index contributed by atoms with van der Waals surface area (Å²) in [5.41, 5.74) is 0. The molecule has 0 aromatic heterocycles. The Morgan fingerprint density at radius 3 is 2.82 bits per heavy atom. The predicted molar refractivity (Wildman–Crippen MR) is 64.6 cm³/mol. The number of carbonyl (C=O) groups is 2. The molecule has 5 heteroatoms. The molecule has 0 aromatic carbocycles. The van der Waals surface area contributed by atoms with Gasteiger partial charge in [-0.05, 0) is 19.4 Å². The van der Waals surface area contributed by atoms with Gasteiger partial charge in [-0.15, -0.1) is 0 Å². The molecule has 1 saturated heterocycles. The van der Waals surface area contributed by atoms with Gasteiger partial charge in [0.1, 0.15) is 0 Å². The van der Waals surface area contributed by atoms with E-state index in [0.29, 0.717) is 26.1 Å². The monoisotopic (exact) mass is 242 g/mol. The van der Waals surface area contributed by atoms with E-state index in [1.807, 2.05) is 13.8 Å². The van der Waals surface area contributed by atoms with Gasteiger partial charge in [0.25, 0.3) is 0 Å². The van der Waals surface area contributed by atoms with E-state index in [1.165, 1.54) is 0 Å². The SMILES string of the molecule is CCNCC(C)C(=O)N1CCC[C@H](C(=O)O)C1. The van der Waals surface area contributed by atoms with E-state index in [0.717, 1.165) is 13.0 Å². The van der Waals surface area contributed by atoms with Crippen molar-refractivity contribution in [3.63, 3.8) is 0 Å². The van der Waals surface area contributed by atoms with Crippen molar-refractivity contribution in [3.05, 3.63) is 0 Å². The van der Waals surface area contributed by atoms with Gasteiger partial charge in [0.2, 0.25) is 5.91 Å². The molecule has 0 bridgehead atoms. The highest BCUT2D eigenvalue weighted by molar-refractivity contribution is 5.80. The summed E-state index contributed by atoms with van der Waals surface area (Å²) in [5.74, 6) is -1.19. The Kier molecular flexibility index (Phi) is 5.41. The van der Waals surface area contributed by atoms with E-state index in [-0.39, 0.29) is 17.7 Å². The quantitative estimate of drug-likeness (QED) is 0.739. The van der Waals surface area contributed by atoms with Crippen LogP contribution in [0.1, 0.15) is 26.7 Å². The van der Waals surface area contributed by atoms with Crippen molar-refractivity contribution in [1.29, 1.82) is 0 Å². The van der Waals surface area contributed by atoms with Gasteiger partial charge >= 0.3 is 5.97 Å². The topological polar surface area (TPSA) is 69.6 Å². The average Bonchev–Trinajstić information content (AvgIpc) is 2.35. The second kappa shape index (κ2) is 6.59. The zero-order valence-electron chi connectivity index (χ0n) is 10.6. The molecule has 98 valence electrons. The standard InChI is InChI=1S/C12H22N2O3/c1-3-13-7-9(2)11(15)14-6-4-5-10(8-14)12(16)17/h9-10,13H,3-8H2,1-2H3,(H,16,17)/t9?,10-/m0/s1. The first-order chi connectivity index (χ1) is 8.06. The number of carboxylic acid groups (broad SMARTS) is 1. The highest BCUT2D eigenvalue weighted by Crippen LogP contribution is 2.18. The Labute approximate surface area is 102 Å². The smallest absolute Gasteiger partial charge is 0.308 e. The van der Waals surface area contributed by atoms with Crippen molar-refractivity contribution in [2.24, 2.45) is 11.8 Å². The minimum Gasteiger partial charge on any atom is -0.481 e. The number of hydrogen-bond donors (Lipinski definition) is 2. The molecule has 2 atom stereocenters. The molecule has 5 nitrogen and oxygen atoms in total. The number of carboxylic acids is 1. The molecule has 1 aliphatic heterocycles. The Hall–Kier alpha value is -1.10. The number of nitrogens with one attached hydrogen (secondary N) is 1. The Bertz CT molecular complexity index is 281. The summed E-state index contributed by atoms with van der Waals surface area (Å²) in [7, 11) is 0. The van der Waals surface area contributed by atoms with Gasteiger partial charge in [0.05, 0.1) is 5.92 Å². The van der Waals surface area contributed by atoms with Crippen LogP contribution in [0.2, 0.25) is 0 Å². The molecule has 1 heterocycles. The van der Waals surface area contributed by atoms with Gasteiger partial charge in [-0.3, -0.25) is 9.59 Å². The zero-order valence-corrected chi connectivity index (χ0v) is 10.6. The second-order valence-corrected chi connectivity index (χ2v) is 4.67. The maximum atomic E-state index is 12.1. The van der Waals surface area contributed by atoms with Crippen LogP contribution in [0.4, 0.5) is 0 Å². The van der Waals surface area contributed by atoms with Crippen molar-refractivity contribution in [1.82, 2.24) is 10.2 Å². The number of likely N-dealkylation sites (tertiary alicyclic amines) is 1. The van der Waals surface area contributed by atoms with Crippen LogP contribution in [0, 0.1) is 11.8 Å². The molecule has 1 unspecified atom stereocenters. The summed E-state index contributed by atoms with van der Waals surface area (Å²) in [6.45, 7) is 6.44. The van der Waals surface area contributed by atoms with Crippen molar-refractivity contribution >= 4 is 11.9 Å². The van der Waals surface area contributed by atoms with Crippen LogP contribution < -0.4 is 5.32 Å². The van der Waals surface area contributed by atoms with Crippen LogP contribution in [0.5, 0.6) is 0 Å². The molecule has 0 radical (unpaired) electrons. The molecular formula is C12H22N2O3. The Morgan fingerprint density at radius 2 is 2.24 bits per heavy atom. The fourth-order valence-electron chi connectivity index (χ4n) is 2.14. The number of amides is 1. The van der Waals surface area contributed by atoms with E-state index < -0.39 is 5.97 Å². The fourth-order valence-corrected chi connectivity index (χ4v) is 2.14. The van der Waals surface area contributed by atoms with E-state index in [9.17, 15) is 9.59 Å². The lowest BCUT2D eigenvalue weighted by molar-refractivity contribution is -0.146. The maximum Gasteiger partial charge on any atom is 0.308 e. The number of rotatable bonds is 5. The third kappa shape index (κ3) is 4.00. The largest absolute Gasteiger partial charge is 0.481 e. The van der Waals surface area contributed by atoms with Gasteiger partial charge in [0.15, 0.2) is 0 Å². The third-order valence-electron chi connectivity index (χ3n) is 3.20. The minimum absolute atomic E-state index is 0.0666. The van der Waals surface area contributed by atoms with Crippen LogP contribution in [0.25, 0.3) is 0 Å². The van der Waals surface area contributed by atoms with Crippen LogP contribution in [0.15, 0.2) is 0 Å². The lowest BCUT2D eigenvalue weighted by atomic mass is 9.97. The number of aliphatic carboxylic acids is 1. The van der Waals surface area contributed by atoms with Crippen LogP contribution in [0.3, 0.4) is 0 Å². The number of nitrogens with zero attached hydrogens (tertiary/aromatic N) is 1. The molecule has 0 spiro atoms. The van der Waals surface area contributed by atoms with Crippen LogP contribution in [-0.2, 0) is 9.59 Å². The number of hydrogen-bond acceptors (Lipinski definition) is 3. The molecular weight excluding hydrogens is 220 g/mol. The van der Waals surface area contributed by atoms with E-state index in [4.69, 9.17) is 5.11 Å². The summed E-state index contributed by atoms with van der Waals surface area (Å²) in [5, 5.41) is 12.1. The fraction of sp³-hybridized carbons (Fsp3) is 0.833. The van der Waals surface area contributed by atoms with E-state index >= 15 is 0 Å². The Balaban J connectivity index is 2.48. The second-order valence-electron chi connectivity index (χ2n) is 4.67. The van der Waals surface area contributed by atoms with Gasteiger partial charge in [-0.2, -0.15) is 0 Å². The van der Waals surface area contributed by atoms with Gasteiger partial charge in [-0.25, -0.2) is 0 Å². The van der Waals surface area contributed by atoms with Crippen molar-refractivity contribution in [2.75, 3.05) is 26.2 Å². The number of carbonyl (C=O) groups excluding carboxylic acids is 1. The average molecular weight is 242 g/mol. The van der Waals surface area contributed by atoms with Crippen molar-refractivity contribution < 1.29 is 14.7 Å². The first-order valence-corrected chi connectivity index (χ1v) is 6.28. The molecule has 1 aliphatic rings. The third-order valence-corrected chi connectivity index (χ3v) is 3.20. The lowest BCUT2D eigenvalue weighted by Gasteiger charge is -2.32. The lowest BCUT2D eigenvalue weighted by Crippen LogP contribution is -2.46. The summed E-state index contributed by atoms with van der Waals surface area (Å²) in [4.78, 5) is 24.7. The van der Waals surface area contributed by atoms with Crippen molar-refractivity contribution in [2.45, 2.75) is 26.7 Å². The van der Waals surface area contributed by atoms with Crippen LogP contribution in [-0.4, -0.2) is 48.1 Å². The van der Waals surface area contributed by atoms with Gasteiger partial charge in [0, 0.05) is 25.6 Å². The summed E-state index contributed by atoms with van der Waals surface area (Å²) in [6, 6.07) is 0. The normalized spacial score (nSPS) is 22.2. The van der Waals surface area contributed by atoms with E-state index in [2.05, 4.69) is 5.32 Å². The summed E-state index contributed by atoms with van der Waals surface area (Å²) in [6.07, 6.45) is 1.47.